The van der Waals surface area contributed by atoms with Gasteiger partial charge in [-0.1, -0.05) is 12.1 Å². The van der Waals surface area contributed by atoms with Crippen molar-refractivity contribution in [2.45, 2.75) is 6.92 Å². The van der Waals surface area contributed by atoms with E-state index < -0.39 is 11.6 Å². The van der Waals surface area contributed by atoms with Gasteiger partial charge in [0.2, 0.25) is 0 Å². The number of amides is 1. The van der Waals surface area contributed by atoms with E-state index in [9.17, 15) is 9.59 Å². The Hall–Kier alpha value is -3.28. The van der Waals surface area contributed by atoms with Crippen LogP contribution in [0.3, 0.4) is 0 Å². The molecule has 3 aromatic rings. The number of anilines is 1. The van der Waals surface area contributed by atoms with E-state index in [2.05, 4.69) is 15.3 Å². The van der Waals surface area contributed by atoms with E-state index in [1.165, 1.54) is 6.20 Å². The SMILES string of the molecule is Cc1cccc(Oc2ccc(NC(=O)c3c[nH]c(=O)[nH]3)cc2)c1. The molecule has 23 heavy (non-hydrogen) atoms. The molecular weight excluding hydrogens is 294 g/mol. The number of rotatable bonds is 4. The smallest absolute Gasteiger partial charge is 0.323 e. The largest absolute Gasteiger partial charge is 0.457 e. The van der Waals surface area contributed by atoms with Gasteiger partial charge in [0.05, 0.1) is 0 Å². The van der Waals surface area contributed by atoms with Crippen LogP contribution in [0.15, 0.2) is 59.5 Å². The van der Waals surface area contributed by atoms with Crippen molar-refractivity contribution in [1.29, 1.82) is 0 Å². The Bertz CT molecular complexity index is 878. The summed E-state index contributed by atoms with van der Waals surface area (Å²) in [6, 6.07) is 14.7. The third-order valence-electron chi connectivity index (χ3n) is 3.18. The molecule has 0 bridgehead atoms. The second-order valence-electron chi connectivity index (χ2n) is 5.05. The van der Waals surface area contributed by atoms with Gasteiger partial charge in [0.25, 0.3) is 5.91 Å². The van der Waals surface area contributed by atoms with Crippen LogP contribution >= 0.6 is 0 Å². The fourth-order valence-electron chi connectivity index (χ4n) is 2.07. The zero-order valence-electron chi connectivity index (χ0n) is 12.4. The summed E-state index contributed by atoms with van der Waals surface area (Å²) in [6.45, 7) is 2.00. The maximum Gasteiger partial charge on any atom is 0.323 e. The van der Waals surface area contributed by atoms with Crippen LogP contribution in [0.4, 0.5) is 5.69 Å². The maximum atomic E-state index is 11.9. The number of carbonyl (C=O) groups is 1. The summed E-state index contributed by atoms with van der Waals surface area (Å²) in [5.74, 6) is 1.03. The molecule has 0 saturated heterocycles. The third kappa shape index (κ3) is 3.68. The first kappa shape index (κ1) is 14.6. The Morgan fingerprint density at radius 1 is 1.09 bits per heavy atom. The molecule has 2 aromatic carbocycles. The zero-order chi connectivity index (χ0) is 16.2. The first-order valence-electron chi connectivity index (χ1n) is 7.04. The number of aromatic nitrogens is 2. The van der Waals surface area contributed by atoms with E-state index in [-0.39, 0.29) is 5.69 Å². The average Bonchev–Trinajstić information content (AvgIpc) is 2.96. The fourth-order valence-corrected chi connectivity index (χ4v) is 2.07. The highest BCUT2D eigenvalue weighted by atomic mass is 16.5. The number of H-pyrrole nitrogens is 2. The van der Waals surface area contributed by atoms with E-state index in [1.54, 1.807) is 24.3 Å². The molecule has 6 nitrogen and oxygen atoms in total. The summed E-state index contributed by atoms with van der Waals surface area (Å²) >= 11 is 0. The number of aromatic amines is 2. The number of hydrogen-bond donors (Lipinski definition) is 3. The van der Waals surface area contributed by atoms with E-state index in [0.29, 0.717) is 11.4 Å². The lowest BCUT2D eigenvalue weighted by Gasteiger charge is -2.08. The van der Waals surface area contributed by atoms with E-state index in [0.717, 1.165) is 11.3 Å². The number of carbonyl (C=O) groups excluding carboxylic acids is 1. The molecule has 6 heteroatoms. The zero-order valence-corrected chi connectivity index (χ0v) is 12.4. The summed E-state index contributed by atoms with van der Waals surface area (Å²) in [4.78, 5) is 27.7. The maximum absolute atomic E-state index is 11.9. The van der Waals surface area contributed by atoms with Crippen molar-refractivity contribution in [3.8, 4) is 11.5 Å². The predicted molar refractivity (Wildman–Crippen MR) is 87.1 cm³/mol. The van der Waals surface area contributed by atoms with Gasteiger partial charge in [-0.3, -0.25) is 4.79 Å². The van der Waals surface area contributed by atoms with Crippen molar-refractivity contribution in [2.24, 2.45) is 0 Å². The van der Waals surface area contributed by atoms with Crippen LogP contribution in [-0.2, 0) is 0 Å². The molecule has 0 saturated carbocycles. The lowest BCUT2D eigenvalue weighted by Crippen LogP contribution is -2.13. The number of imidazole rings is 1. The van der Waals surface area contributed by atoms with Gasteiger partial charge >= 0.3 is 5.69 Å². The highest BCUT2D eigenvalue weighted by Crippen LogP contribution is 2.23. The molecule has 3 rings (SSSR count). The van der Waals surface area contributed by atoms with Crippen molar-refractivity contribution >= 4 is 11.6 Å². The molecule has 1 heterocycles. The molecule has 0 aliphatic heterocycles. The quantitative estimate of drug-likeness (QED) is 0.692. The normalized spacial score (nSPS) is 10.3. The third-order valence-corrected chi connectivity index (χ3v) is 3.18. The van der Waals surface area contributed by atoms with Gasteiger partial charge in [-0.25, -0.2) is 4.79 Å². The highest BCUT2D eigenvalue weighted by Gasteiger charge is 2.08. The van der Waals surface area contributed by atoms with Crippen LogP contribution in [0.2, 0.25) is 0 Å². The Labute approximate surface area is 132 Å². The molecule has 0 fully saturated rings. The molecule has 1 aromatic heterocycles. The van der Waals surface area contributed by atoms with Crippen LogP contribution in [0.25, 0.3) is 0 Å². The summed E-state index contributed by atoms with van der Waals surface area (Å²) < 4.78 is 5.74. The van der Waals surface area contributed by atoms with E-state index in [4.69, 9.17) is 4.74 Å². The topological polar surface area (TPSA) is 87.0 Å². The van der Waals surface area contributed by atoms with E-state index >= 15 is 0 Å². The molecule has 0 spiro atoms. The van der Waals surface area contributed by atoms with Crippen LogP contribution < -0.4 is 15.7 Å². The van der Waals surface area contributed by atoms with Gasteiger partial charge in [0, 0.05) is 11.9 Å². The summed E-state index contributed by atoms with van der Waals surface area (Å²) in [5, 5.41) is 2.69. The van der Waals surface area contributed by atoms with Gasteiger partial charge in [-0.05, 0) is 48.9 Å². The minimum atomic E-state index is -0.419. The first-order chi connectivity index (χ1) is 11.1. The monoisotopic (exact) mass is 309 g/mol. The molecule has 0 aliphatic rings. The standard InChI is InChI=1S/C17H15N3O3/c1-11-3-2-4-14(9-11)23-13-7-5-12(6-8-13)19-16(21)15-10-18-17(22)20-15/h2-10H,1H3,(H,19,21)(H2,18,20,22). The second kappa shape index (κ2) is 6.23. The van der Waals surface area contributed by atoms with Crippen molar-refractivity contribution in [2.75, 3.05) is 5.32 Å². The van der Waals surface area contributed by atoms with Crippen LogP contribution in [0, 0.1) is 6.92 Å². The van der Waals surface area contributed by atoms with Gasteiger partial charge in [-0.15, -0.1) is 0 Å². The number of benzene rings is 2. The summed E-state index contributed by atoms with van der Waals surface area (Å²) in [7, 11) is 0. The van der Waals surface area contributed by atoms with Crippen LogP contribution in [0.5, 0.6) is 11.5 Å². The highest BCUT2D eigenvalue weighted by molar-refractivity contribution is 6.02. The molecule has 0 atom stereocenters. The molecule has 0 unspecified atom stereocenters. The Morgan fingerprint density at radius 2 is 1.87 bits per heavy atom. The Kier molecular flexibility index (Phi) is 3.97. The lowest BCUT2D eigenvalue weighted by molar-refractivity contribution is 0.102. The molecule has 0 radical (unpaired) electrons. The van der Waals surface area contributed by atoms with Crippen molar-refractivity contribution in [3.05, 3.63) is 76.5 Å². The number of aryl methyl sites for hydroxylation is 1. The summed E-state index contributed by atoms with van der Waals surface area (Å²) in [5.41, 5.74) is 1.48. The minimum absolute atomic E-state index is 0.176. The lowest BCUT2D eigenvalue weighted by atomic mass is 10.2. The van der Waals surface area contributed by atoms with Gasteiger partial charge in [-0.2, -0.15) is 0 Å². The van der Waals surface area contributed by atoms with Gasteiger partial charge < -0.3 is 20.0 Å². The van der Waals surface area contributed by atoms with Gasteiger partial charge in [0.15, 0.2) is 0 Å². The van der Waals surface area contributed by atoms with Crippen molar-refractivity contribution < 1.29 is 9.53 Å². The Balaban J connectivity index is 1.67. The predicted octanol–water partition coefficient (Wildman–Crippen LogP) is 3.06. The number of nitrogens with one attached hydrogen (secondary N) is 3. The summed E-state index contributed by atoms with van der Waals surface area (Å²) in [6.07, 6.45) is 1.33. The first-order valence-corrected chi connectivity index (χ1v) is 7.04. The molecule has 1 amide bonds. The Morgan fingerprint density at radius 3 is 2.52 bits per heavy atom. The minimum Gasteiger partial charge on any atom is -0.457 e. The van der Waals surface area contributed by atoms with Crippen molar-refractivity contribution in [1.82, 2.24) is 9.97 Å². The van der Waals surface area contributed by atoms with Crippen LogP contribution in [-0.4, -0.2) is 15.9 Å². The van der Waals surface area contributed by atoms with Gasteiger partial charge in [0.1, 0.15) is 17.2 Å². The fraction of sp³-hybridized carbons (Fsp3) is 0.0588. The molecule has 0 aliphatic carbocycles. The van der Waals surface area contributed by atoms with Crippen LogP contribution in [0.1, 0.15) is 16.1 Å². The number of ether oxygens (including phenoxy) is 1. The second-order valence-corrected chi connectivity index (χ2v) is 5.05. The molecule has 116 valence electrons. The number of hydrogen-bond acceptors (Lipinski definition) is 3. The van der Waals surface area contributed by atoms with E-state index in [1.807, 2.05) is 31.2 Å². The van der Waals surface area contributed by atoms with Crippen molar-refractivity contribution in [3.63, 3.8) is 0 Å². The average molecular weight is 309 g/mol. The molecule has 3 N–H and O–H groups in total. The molecular formula is C17H15N3O3.